The molecule has 0 radical (unpaired) electrons. The summed E-state index contributed by atoms with van der Waals surface area (Å²) in [5, 5.41) is 14.9. The number of hydrogen-bond donors (Lipinski definition) is 3. The Morgan fingerprint density at radius 2 is 2.21 bits per heavy atom. The number of imide groups is 1. The van der Waals surface area contributed by atoms with Gasteiger partial charge in [0.25, 0.3) is 0 Å². The molecule has 1 rings (SSSR count). The molecule has 0 aromatic carbocycles. The number of aliphatic hydroxyl groups excluding tert-OH is 1. The first kappa shape index (κ1) is 16.0. The molecule has 1 saturated heterocycles. The maximum absolute atomic E-state index is 11.4. The van der Waals surface area contributed by atoms with Crippen molar-refractivity contribution in [2.75, 3.05) is 26.9 Å². The maximum atomic E-state index is 11.4. The van der Waals surface area contributed by atoms with Crippen LogP contribution in [0.4, 0.5) is 0 Å². The van der Waals surface area contributed by atoms with Gasteiger partial charge in [0.2, 0.25) is 11.8 Å². The van der Waals surface area contributed by atoms with Crippen molar-refractivity contribution in [3.05, 3.63) is 0 Å². The molecule has 1 heterocycles. The molecule has 1 aliphatic rings. The lowest BCUT2D eigenvalue weighted by atomic mass is 10.1. The molecule has 19 heavy (non-hydrogen) atoms. The highest BCUT2D eigenvalue weighted by Gasteiger charge is 2.26. The number of piperidine rings is 1. The Labute approximate surface area is 112 Å². The van der Waals surface area contributed by atoms with Gasteiger partial charge in [-0.2, -0.15) is 0 Å². The van der Waals surface area contributed by atoms with E-state index in [0.29, 0.717) is 19.4 Å². The minimum Gasteiger partial charge on any atom is -0.389 e. The molecule has 7 heteroatoms. The van der Waals surface area contributed by atoms with Crippen molar-refractivity contribution in [1.29, 1.82) is 0 Å². The van der Waals surface area contributed by atoms with Crippen molar-refractivity contribution in [1.82, 2.24) is 10.6 Å². The van der Waals surface area contributed by atoms with Crippen molar-refractivity contribution in [3.63, 3.8) is 0 Å². The average molecular weight is 274 g/mol. The van der Waals surface area contributed by atoms with E-state index in [2.05, 4.69) is 10.6 Å². The second-order valence-electron chi connectivity index (χ2n) is 4.67. The molecule has 0 bridgehead atoms. The molecule has 0 aliphatic carbocycles. The van der Waals surface area contributed by atoms with Crippen molar-refractivity contribution < 1.29 is 24.2 Å². The Bertz CT molecular complexity index is 310. The summed E-state index contributed by atoms with van der Waals surface area (Å²) in [4.78, 5) is 22.4. The van der Waals surface area contributed by atoms with Crippen molar-refractivity contribution in [3.8, 4) is 0 Å². The SMILES string of the molecule is COCC(C)OCC(O)CNC1CCC(=O)NC1=O. The fourth-order valence-electron chi connectivity index (χ4n) is 1.78. The van der Waals surface area contributed by atoms with Crippen LogP contribution in [0, 0.1) is 0 Å². The van der Waals surface area contributed by atoms with E-state index >= 15 is 0 Å². The summed E-state index contributed by atoms with van der Waals surface area (Å²) in [5.74, 6) is -0.586. The molecule has 0 aromatic rings. The van der Waals surface area contributed by atoms with E-state index < -0.39 is 12.1 Å². The van der Waals surface area contributed by atoms with E-state index in [9.17, 15) is 14.7 Å². The number of carbonyl (C=O) groups is 2. The molecule has 3 unspecified atom stereocenters. The third-order valence-corrected chi connectivity index (χ3v) is 2.81. The molecule has 1 aliphatic heterocycles. The van der Waals surface area contributed by atoms with Gasteiger partial charge in [0.1, 0.15) is 0 Å². The van der Waals surface area contributed by atoms with Gasteiger partial charge in [-0.1, -0.05) is 0 Å². The second-order valence-corrected chi connectivity index (χ2v) is 4.67. The number of hydrogen-bond acceptors (Lipinski definition) is 6. The van der Waals surface area contributed by atoms with Crippen LogP contribution in [-0.2, 0) is 19.1 Å². The van der Waals surface area contributed by atoms with Gasteiger partial charge in [-0.3, -0.25) is 14.9 Å². The minimum atomic E-state index is -0.704. The summed E-state index contributed by atoms with van der Waals surface area (Å²) in [6, 6.07) is -0.427. The molecule has 7 nitrogen and oxygen atoms in total. The molecule has 2 amide bonds. The van der Waals surface area contributed by atoms with Crippen LogP contribution in [0.2, 0.25) is 0 Å². The zero-order valence-corrected chi connectivity index (χ0v) is 11.3. The molecule has 0 saturated carbocycles. The van der Waals surface area contributed by atoms with Crippen LogP contribution in [0.1, 0.15) is 19.8 Å². The zero-order chi connectivity index (χ0) is 14.3. The van der Waals surface area contributed by atoms with Crippen molar-refractivity contribution in [2.24, 2.45) is 0 Å². The van der Waals surface area contributed by atoms with Crippen LogP contribution in [0.5, 0.6) is 0 Å². The van der Waals surface area contributed by atoms with Crippen LogP contribution >= 0.6 is 0 Å². The maximum Gasteiger partial charge on any atom is 0.243 e. The van der Waals surface area contributed by atoms with Crippen LogP contribution in [0.3, 0.4) is 0 Å². The Balaban J connectivity index is 2.17. The van der Waals surface area contributed by atoms with Crippen LogP contribution < -0.4 is 10.6 Å². The standard InChI is InChI=1S/C12H22N2O5/c1-8(6-18-2)19-7-9(15)5-13-10-3-4-11(16)14-12(10)17/h8-10,13,15H,3-7H2,1-2H3,(H,14,16,17). The summed E-state index contributed by atoms with van der Waals surface area (Å²) < 4.78 is 10.3. The topological polar surface area (TPSA) is 96.9 Å². The lowest BCUT2D eigenvalue weighted by molar-refractivity contribution is -0.134. The highest BCUT2D eigenvalue weighted by atomic mass is 16.5. The first-order chi connectivity index (χ1) is 9.02. The molecule has 3 N–H and O–H groups in total. The van der Waals surface area contributed by atoms with Gasteiger partial charge in [-0.25, -0.2) is 0 Å². The third kappa shape index (κ3) is 6.11. The number of ether oxygens (including phenoxy) is 2. The summed E-state index contributed by atoms with van der Waals surface area (Å²) in [6.45, 7) is 2.73. The summed E-state index contributed by atoms with van der Waals surface area (Å²) in [7, 11) is 1.58. The Morgan fingerprint density at radius 3 is 2.84 bits per heavy atom. The lowest BCUT2D eigenvalue weighted by Crippen LogP contribution is -2.52. The van der Waals surface area contributed by atoms with Gasteiger partial charge in [-0.15, -0.1) is 0 Å². The van der Waals surface area contributed by atoms with E-state index in [1.54, 1.807) is 7.11 Å². The van der Waals surface area contributed by atoms with Crippen LogP contribution in [0.25, 0.3) is 0 Å². The predicted octanol–water partition coefficient (Wildman–Crippen LogP) is -1.21. The Kier molecular flexibility index (Phi) is 6.93. The van der Waals surface area contributed by atoms with Crippen molar-refractivity contribution in [2.45, 2.75) is 38.0 Å². The number of methoxy groups -OCH3 is 1. The number of rotatable bonds is 8. The monoisotopic (exact) mass is 274 g/mol. The smallest absolute Gasteiger partial charge is 0.243 e. The van der Waals surface area contributed by atoms with Crippen molar-refractivity contribution >= 4 is 11.8 Å². The zero-order valence-electron chi connectivity index (χ0n) is 11.3. The first-order valence-corrected chi connectivity index (χ1v) is 6.38. The molecule has 0 spiro atoms. The molecular weight excluding hydrogens is 252 g/mol. The van der Waals surface area contributed by atoms with Crippen LogP contribution in [0.15, 0.2) is 0 Å². The van der Waals surface area contributed by atoms with E-state index in [0.717, 1.165) is 0 Å². The normalized spacial score (nSPS) is 23.0. The van der Waals surface area contributed by atoms with Gasteiger partial charge in [0.05, 0.1) is 31.5 Å². The second kappa shape index (κ2) is 8.21. The molecule has 3 atom stereocenters. The van der Waals surface area contributed by atoms with Gasteiger partial charge < -0.3 is 19.9 Å². The predicted molar refractivity (Wildman–Crippen MR) is 67.5 cm³/mol. The number of nitrogens with one attached hydrogen (secondary N) is 2. The fraction of sp³-hybridized carbons (Fsp3) is 0.833. The molecule has 1 fully saturated rings. The van der Waals surface area contributed by atoms with E-state index in [-0.39, 0.29) is 31.1 Å². The van der Waals surface area contributed by atoms with E-state index in [1.807, 2.05) is 6.92 Å². The first-order valence-electron chi connectivity index (χ1n) is 6.38. The summed E-state index contributed by atoms with van der Waals surface area (Å²) >= 11 is 0. The average Bonchev–Trinajstić information content (AvgIpc) is 2.35. The third-order valence-electron chi connectivity index (χ3n) is 2.81. The number of carbonyl (C=O) groups excluding carboxylic acids is 2. The van der Waals surface area contributed by atoms with E-state index in [4.69, 9.17) is 9.47 Å². The largest absolute Gasteiger partial charge is 0.389 e. The minimum absolute atomic E-state index is 0.0877. The highest BCUT2D eigenvalue weighted by molar-refractivity contribution is 6.00. The van der Waals surface area contributed by atoms with E-state index in [1.165, 1.54) is 0 Å². The summed E-state index contributed by atoms with van der Waals surface area (Å²) in [6.07, 6.45) is -0.0147. The number of amides is 2. The Morgan fingerprint density at radius 1 is 1.47 bits per heavy atom. The fourth-order valence-corrected chi connectivity index (χ4v) is 1.78. The van der Waals surface area contributed by atoms with Gasteiger partial charge >= 0.3 is 0 Å². The lowest BCUT2D eigenvalue weighted by Gasteiger charge is -2.23. The molecular formula is C12H22N2O5. The van der Waals surface area contributed by atoms with Gasteiger partial charge in [0.15, 0.2) is 0 Å². The Hall–Kier alpha value is -1.02. The number of aliphatic hydroxyl groups is 1. The highest BCUT2D eigenvalue weighted by Crippen LogP contribution is 2.04. The van der Waals surface area contributed by atoms with Gasteiger partial charge in [-0.05, 0) is 13.3 Å². The van der Waals surface area contributed by atoms with Gasteiger partial charge in [0, 0.05) is 20.1 Å². The summed E-state index contributed by atoms with van der Waals surface area (Å²) in [5.41, 5.74) is 0. The van der Waals surface area contributed by atoms with Crippen LogP contribution in [-0.4, -0.2) is 62.0 Å². The molecule has 110 valence electrons. The quantitative estimate of drug-likeness (QED) is 0.481. The molecule has 0 aromatic heterocycles.